The van der Waals surface area contributed by atoms with Crippen LogP contribution in [0, 0.1) is 0 Å². The standard InChI is InChI=1S/C3H3FN3/c4-1-3-2-5-7-6-3/h2H,1H2. The van der Waals surface area contributed by atoms with Crippen LogP contribution in [0.4, 0.5) is 4.39 Å². The summed E-state index contributed by atoms with van der Waals surface area (Å²) in [5, 5.41) is 6.45. The fourth-order valence-electron chi connectivity index (χ4n) is 0.263. The van der Waals surface area contributed by atoms with Crippen molar-refractivity contribution in [2.24, 2.45) is 10.3 Å². The van der Waals surface area contributed by atoms with Gasteiger partial charge in [-0.05, 0) is 5.22 Å². The van der Waals surface area contributed by atoms with Gasteiger partial charge in [-0.15, -0.1) is 10.5 Å². The summed E-state index contributed by atoms with van der Waals surface area (Å²) in [7, 11) is 0. The van der Waals surface area contributed by atoms with Crippen LogP contribution < -0.4 is 5.43 Å². The maximum absolute atomic E-state index is 11.4. The monoisotopic (exact) mass is 100 g/mol. The fourth-order valence-corrected chi connectivity index (χ4v) is 0.263. The largest absolute Gasteiger partial charge is 0.244 e. The van der Waals surface area contributed by atoms with Crippen molar-refractivity contribution in [3.8, 4) is 0 Å². The van der Waals surface area contributed by atoms with Crippen molar-refractivity contribution in [2.75, 3.05) is 6.67 Å². The molecular formula is C3H3FN3. The van der Waals surface area contributed by atoms with E-state index in [9.17, 15) is 4.39 Å². The van der Waals surface area contributed by atoms with Crippen LogP contribution in [0.5, 0.6) is 0 Å². The van der Waals surface area contributed by atoms with Crippen molar-refractivity contribution in [3.63, 3.8) is 0 Å². The van der Waals surface area contributed by atoms with Crippen molar-refractivity contribution in [1.82, 2.24) is 5.43 Å². The molecule has 0 aromatic carbocycles. The summed E-state index contributed by atoms with van der Waals surface area (Å²) in [4.78, 5) is 0. The van der Waals surface area contributed by atoms with E-state index in [-0.39, 0.29) is 0 Å². The molecule has 0 aromatic rings. The SMILES string of the molecule is FCC1=C[N]N=N1. The van der Waals surface area contributed by atoms with Gasteiger partial charge in [0.05, 0.1) is 6.20 Å². The second-order valence-electron chi connectivity index (χ2n) is 1.06. The summed E-state index contributed by atoms with van der Waals surface area (Å²) in [6.07, 6.45) is 1.29. The normalized spacial score (nSPS) is 16.4. The highest BCUT2D eigenvalue weighted by atomic mass is 19.1. The van der Waals surface area contributed by atoms with E-state index >= 15 is 0 Å². The predicted molar refractivity (Wildman–Crippen MR) is 21.0 cm³/mol. The third-order valence-corrected chi connectivity index (χ3v) is 0.568. The van der Waals surface area contributed by atoms with Gasteiger partial charge >= 0.3 is 0 Å². The summed E-state index contributed by atoms with van der Waals surface area (Å²) in [6, 6.07) is 0. The number of nitrogens with zero attached hydrogens (tertiary/aromatic N) is 3. The Morgan fingerprint density at radius 3 is 2.86 bits per heavy atom. The molecule has 0 saturated carbocycles. The number of halogens is 1. The first kappa shape index (κ1) is 4.23. The highest BCUT2D eigenvalue weighted by Gasteiger charge is 1.97. The van der Waals surface area contributed by atoms with E-state index in [1.807, 2.05) is 0 Å². The smallest absolute Gasteiger partial charge is 0.135 e. The van der Waals surface area contributed by atoms with Crippen LogP contribution in [0.15, 0.2) is 22.2 Å². The number of hydrogen-bond donors (Lipinski definition) is 0. The lowest BCUT2D eigenvalue weighted by Gasteiger charge is -1.75. The Bertz CT molecular complexity index is 117. The van der Waals surface area contributed by atoms with Gasteiger partial charge in [-0.3, -0.25) is 0 Å². The number of hydrogen-bond acceptors (Lipinski definition) is 2. The summed E-state index contributed by atoms with van der Waals surface area (Å²) in [6.45, 7) is -0.576. The minimum absolute atomic E-state index is 0.292. The van der Waals surface area contributed by atoms with Gasteiger partial charge in [0.25, 0.3) is 0 Å². The topological polar surface area (TPSA) is 38.8 Å². The Balaban J connectivity index is 2.52. The molecule has 0 bridgehead atoms. The Morgan fingerprint density at radius 2 is 2.57 bits per heavy atom. The quantitative estimate of drug-likeness (QED) is 0.467. The van der Waals surface area contributed by atoms with Crippen molar-refractivity contribution >= 4 is 0 Å². The van der Waals surface area contributed by atoms with Crippen LogP contribution in [0.3, 0.4) is 0 Å². The molecule has 1 aliphatic rings. The van der Waals surface area contributed by atoms with Crippen molar-refractivity contribution in [1.29, 1.82) is 0 Å². The molecule has 0 amide bonds. The molecule has 0 aromatic heterocycles. The summed E-state index contributed by atoms with van der Waals surface area (Å²) >= 11 is 0. The second kappa shape index (κ2) is 1.68. The first-order valence-corrected chi connectivity index (χ1v) is 1.79. The van der Waals surface area contributed by atoms with Gasteiger partial charge < -0.3 is 0 Å². The lowest BCUT2D eigenvalue weighted by atomic mass is 10.6. The van der Waals surface area contributed by atoms with E-state index in [0.717, 1.165) is 0 Å². The van der Waals surface area contributed by atoms with Crippen LogP contribution >= 0.6 is 0 Å². The van der Waals surface area contributed by atoms with Crippen LogP contribution in [-0.4, -0.2) is 6.67 Å². The zero-order valence-electron chi connectivity index (χ0n) is 3.50. The van der Waals surface area contributed by atoms with Crippen molar-refractivity contribution < 1.29 is 4.39 Å². The second-order valence-corrected chi connectivity index (χ2v) is 1.06. The molecule has 0 atom stereocenters. The highest BCUT2D eigenvalue weighted by molar-refractivity contribution is 4.99. The van der Waals surface area contributed by atoms with E-state index in [4.69, 9.17) is 0 Å². The lowest BCUT2D eigenvalue weighted by Crippen LogP contribution is -1.76. The van der Waals surface area contributed by atoms with Crippen LogP contribution in [-0.2, 0) is 0 Å². The summed E-state index contributed by atoms with van der Waals surface area (Å²) in [5.41, 5.74) is 3.58. The molecule has 1 radical (unpaired) electrons. The lowest BCUT2D eigenvalue weighted by molar-refractivity contribution is 0.539. The molecule has 37 valence electrons. The number of allylic oxidation sites excluding steroid dienone is 1. The zero-order chi connectivity index (χ0) is 5.11. The number of rotatable bonds is 1. The van der Waals surface area contributed by atoms with E-state index in [0.29, 0.717) is 5.70 Å². The minimum atomic E-state index is -0.576. The molecule has 7 heavy (non-hydrogen) atoms. The Labute approximate surface area is 39.9 Å². The predicted octanol–water partition coefficient (Wildman–Crippen LogP) is 0.782. The molecule has 0 spiro atoms. The molecule has 1 aliphatic heterocycles. The fraction of sp³-hybridized carbons (Fsp3) is 0.333. The van der Waals surface area contributed by atoms with Gasteiger partial charge in [0.1, 0.15) is 12.4 Å². The van der Waals surface area contributed by atoms with Gasteiger partial charge in [-0.25, -0.2) is 4.39 Å². The molecule has 4 heteroatoms. The summed E-state index contributed by atoms with van der Waals surface area (Å²) < 4.78 is 11.4. The molecule has 0 N–H and O–H groups in total. The molecule has 1 rings (SSSR count). The molecule has 0 aliphatic carbocycles. The third-order valence-electron chi connectivity index (χ3n) is 0.568. The van der Waals surface area contributed by atoms with Crippen molar-refractivity contribution in [3.05, 3.63) is 11.9 Å². The van der Waals surface area contributed by atoms with Crippen LogP contribution in [0.1, 0.15) is 0 Å². The maximum Gasteiger partial charge on any atom is 0.135 e. The molecule has 0 saturated heterocycles. The maximum atomic E-state index is 11.4. The van der Waals surface area contributed by atoms with Gasteiger partial charge in [0.2, 0.25) is 0 Å². The van der Waals surface area contributed by atoms with Gasteiger partial charge in [-0.2, -0.15) is 0 Å². The molecule has 3 nitrogen and oxygen atoms in total. The van der Waals surface area contributed by atoms with Gasteiger partial charge in [-0.1, -0.05) is 0 Å². The third kappa shape index (κ3) is 0.734. The van der Waals surface area contributed by atoms with E-state index in [1.165, 1.54) is 6.20 Å². The van der Waals surface area contributed by atoms with E-state index in [1.54, 1.807) is 0 Å². The minimum Gasteiger partial charge on any atom is -0.244 e. The Kier molecular flexibility index (Phi) is 1.02. The van der Waals surface area contributed by atoms with Gasteiger partial charge in [0, 0.05) is 0 Å². The first-order chi connectivity index (χ1) is 3.43. The van der Waals surface area contributed by atoms with Crippen molar-refractivity contribution in [2.45, 2.75) is 0 Å². The van der Waals surface area contributed by atoms with Crippen LogP contribution in [0.2, 0.25) is 0 Å². The zero-order valence-corrected chi connectivity index (χ0v) is 3.50. The molecule has 0 unspecified atom stereocenters. The molecular weight excluding hydrogens is 97.1 g/mol. The van der Waals surface area contributed by atoms with E-state index in [2.05, 4.69) is 15.8 Å². The van der Waals surface area contributed by atoms with Gasteiger partial charge in [0.15, 0.2) is 0 Å². The molecule has 1 heterocycles. The Morgan fingerprint density at radius 1 is 1.71 bits per heavy atom. The highest BCUT2D eigenvalue weighted by Crippen LogP contribution is 2.01. The first-order valence-electron chi connectivity index (χ1n) is 1.79. The average Bonchev–Trinajstić information content (AvgIpc) is 2.14. The molecule has 0 fully saturated rings. The summed E-state index contributed by atoms with van der Waals surface area (Å²) in [5.74, 6) is 0. The number of alkyl halides is 1. The van der Waals surface area contributed by atoms with Crippen LogP contribution in [0.25, 0.3) is 0 Å². The Hall–Kier alpha value is -0.930. The van der Waals surface area contributed by atoms with E-state index < -0.39 is 6.67 Å². The average molecular weight is 100 g/mol.